The Morgan fingerprint density at radius 1 is 1.40 bits per heavy atom. The molecule has 15 heavy (non-hydrogen) atoms. The molecule has 0 spiro atoms. The van der Waals surface area contributed by atoms with Gasteiger partial charge in [0, 0.05) is 0 Å². The van der Waals surface area contributed by atoms with Crippen LogP contribution in [0.25, 0.3) is 0 Å². The van der Waals surface area contributed by atoms with Crippen LogP contribution in [0.3, 0.4) is 0 Å². The Labute approximate surface area is 91.4 Å². The van der Waals surface area contributed by atoms with Gasteiger partial charge in [-0.15, -0.1) is 0 Å². The zero-order chi connectivity index (χ0) is 11.3. The van der Waals surface area contributed by atoms with Crippen LogP contribution in [0.1, 0.15) is 39.0 Å². The first-order valence-electron chi connectivity index (χ1n) is 5.77. The molecule has 0 saturated carbocycles. The zero-order valence-corrected chi connectivity index (χ0v) is 9.54. The smallest absolute Gasteiger partial charge is 0.323 e. The lowest BCUT2D eigenvalue weighted by atomic mass is 9.97. The summed E-state index contributed by atoms with van der Waals surface area (Å²) in [6.45, 7) is 4.90. The third-order valence-corrected chi connectivity index (χ3v) is 3.11. The Hall–Kier alpha value is -0.610. The number of hydrogen-bond donors (Lipinski definition) is 2. The lowest BCUT2D eigenvalue weighted by Crippen LogP contribution is -2.45. The highest BCUT2D eigenvalue weighted by atomic mass is 16.4. The van der Waals surface area contributed by atoms with Crippen LogP contribution in [-0.4, -0.2) is 41.1 Å². The molecule has 1 heterocycles. The molecule has 1 fully saturated rings. The summed E-state index contributed by atoms with van der Waals surface area (Å²) in [6, 6.07) is 0. The molecule has 0 unspecified atom stereocenters. The molecule has 88 valence electrons. The first-order chi connectivity index (χ1) is 7.02. The van der Waals surface area contributed by atoms with Crippen molar-refractivity contribution in [1.82, 2.24) is 4.90 Å². The van der Waals surface area contributed by atoms with Crippen LogP contribution in [0.15, 0.2) is 0 Å². The fraction of sp³-hybridized carbons (Fsp3) is 0.909. The topological polar surface area (TPSA) is 66.6 Å². The summed E-state index contributed by atoms with van der Waals surface area (Å²) in [5.74, 6) is -0.902. The second-order valence-electron chi connectivity index (χ2n) is 4.73. The molecule has 1 atom stereocenters. The quantitative estimate of drug-likeness (QED) is 0.718. The fourth-order valence-corrected chi connectivity index (χ4v) is 1.96. The van der Waals surface area contributed by atoms with E-state index in [1.165, 1.54) is 19.3 Å². The Bertz CT molecular complexity index is 211. The summed E-state index contributed by atoms with van der Waals surface area (Å²) in [4.78, 5) is 13.2. The van der Waals surface area contributed by atoms with E-state index in [1.54, 1.807) is 6.92 Å². The molecule has 4 nitrogen and oxygen atoms in total. The molecule has 0 aromatic heterocycles. The number of likely N-dealkylation sites (tertiary alicyclic amines) is 1. The van der Waals surface area contributed by atoms with Crippen LogP contribution < -0.4 is 5.73 Å². The van der Waals surface area contributed by atoms with Gasteiger partial charge in [0.1, 0.15) is 5.54 Å². The van der Waals surface area contributed by atoms with Gasteiger partial charge in [0.2, 0.25) is 0 Å². The van der Waals surface area contributed by atoms with Gasteiger partial charge in [-0.2, -0.15) is 0 Å². The zero-order valence-electron chi connectivity index (χ0n) is 9.54. The number of nitrogens with two attached hydrogens (primary N) is 1. The summed E-state index contributed by atoms with van der Waals surface area (Å²) in [7, 11) is 0. The second kappa shape index (κ2) is 5.47. The van der Waals surface area contributed by atoms with Gasteiger partial charge in [-0.25, -0.2) is 0 Å². The Kier molecular flexibility index (Phi) is 4.54. The van der Waals surface area contributed by atoms with Crippen molar-refractivity contribution in [2.75, 3.05) is 19.6 Å². The molecule has 4 heteroatoms. The van der Waals surface area contributed by atoms with E-state index in [4.69, 9.17) is 10.8 Å². The van der Waals surface area contributed by atoms with Gasteiger partial charge in [0.25, 0.3) is 0 Å². The highest BCUT2D eigenvalue weighted by molar-refractivity contribution is 5.77. The van der Waals surface area contributed by atoms with Crippen molar-refractivity contribution in [2.45, 2.75) is 44.6 Å². The van der Waals surface area contributed by atoms with Crippen LogP contribution in [0.2, 0.25) is 0 Å². The number of carbonyl (C=O) groups is 1. The highest BCUT2D eigenvalue weighted by Crippen LogP contribution is 2.13. The number of carboxylic acids is 1. The van der Waals surface area contributed by atoms with Crippen LogP contribution in [0.5, 0.6) is 0 Å². The first kappa shape index (κ1) is 12.5. The minimum atomic E-state index is -1.06. The van der Waals surface area contributed by atoms with Crippen LogP contribution in [-0.2, 0) is 4.79 Å². The van der Waals surface area contributed by atoms with Gasteiger partial charge in [-0.3, -0.25) is 4.79 Å². The third kappa shape index (κ3) is 4.18. The molecule has 0 aromatic rings. The lowest BCUT2D eigenvalue weighted by molar-refractivity contribution is -0.142. The SMILES string of the molecule is C[C@](N)(CCCN1CCCCC1)C(=O)O. The molecule has 3 N–H and O–H groups in total. The van der Waals surface area contributed by atoms with Crippen LogP contribution >= 0.6 is 0 Å². The Morgan fingerprint density at radius 3 is 2.53 bits per heavy atom. The third-order valence-electron chi connectivity index (χ3n) is 3.11. The van der Waals surface area contributed by atoms with E-state index in [0.29, 0.717) is 6.42 Å². The van der Waals surface area contributed by atoms with Gasteiger partial charge in [-0.05, 0) is 52.2 Å². The van der Waals surface area contributed by atoms with Gasteiger partial charge in [-0.1, -0.05) is 6.42 Å². The number of rotatable bonds is 5. The lowest BCUT2D eigenvalue weighted by Gasteiger charge is -2.27. The van der Waals surface area contributed by atoms with Gasteiger partial charge < -0.3 is 15.7 Å². The maximum Gasteiger partial charge on any atom is 0.323 e. The van der Waals surface area contributed by atoms with Crippen molar-refractivity contribution in [1.29, 1.82) is 0 Å². The maximum atomic E-state index is 10.8. The van der Waals surface area contributed by atoms with E-state index < -0.39 is 11.5 Å². The number of nitrogens with zero attached hydrogens (tertiary/aromatic N) is 1. The van der Waals surface area contributed by atoms with E-state index in [-0.39, 0.29) is 0 Å². The number of piperidine rings is 1. The first-order valence-corrected chi connectivity index (χ1v) is 5.77. The van der Waals surface area contributed by atoms with Crippen molar-refractivity contribution in [3.05, 3.63) is 0 Å². The second-order valence-corrected chi connectivity index (χ2v) is 4.73. The van der Waals surface area contributed by atoms with E-state index in [9.17, 15) is 4.79 Å². The molecule has 1 aliphatic rings. The molecule has 1 rings (SSSR count). The van der Waals surface area contributed by atoms with Crippen molar-refractivity contribution < 1.29 is 9.90 Å². The molecule has 0 aromatic carbocycles. The average Bonchev–Trinajstić information content (AvgIpc) is 2.19. The van der Waals surface area contributed by atoms with Gasteiger partial charge in [0.15, 0.2) is 0 Å². The minimum Gasteiger partial charge on any atom is -0.480 e. The molecule has 0 amide bonds. The molecule has 0 bridgehead atoms. The van der Waals surface area contributed by atoms with Gasteiger partial charge in [0.05, 0.1) is 0 Å². The monoisotopic (exact) mass is 214 g/mol. The Balaban J connectivity index is 2.17. The summed E-state index contributed by atoms with van der Waals surface area (Å²) in [5, 5.41) is 8.84. The van der Waals surface area contributed by atoms with Crippen molar-refractivity contribution in [3.8, 4) is 0 Å². The molecule has 0 radical (unpaired) electrons. The molecular weight excluding hydrogens is 192 g/mol. The van der Waals surface area contributed by atoms with Crippen LogP contribution in [0, 0.1) is 0 Å². The summed E-state index contributed by atoms with van der Waals surface area (Å²) >= 11 is 0. The average molecular weight is 214 g/mol. The Morgan fingerprint density at radius 2 is 2.00 bits per heavy atom. The number of aliphatic carboxylic acids is 1. The van der Waals surface area contributed by atoms with E-state index >= 15 is 0 Å². The normalized spacial score (nSPS) is 22.3. The number of hydrogen-bond acceptors (Lipinski definition) is 3. The fourth-order valence-electron chi connectivity index (χ4n) is 1.96. The largest absolute Gasteiger partial charge is 0.480 e. The minimum absolute atomic E-state index is 0.554. The summed E-state index contributed by atoms with van der Waals surface area (Å²) < 4.78 is 0. The molecule has 0 aliphatic carbocycles. The standard InChI is InChI=1S/C11H22N2O2/c1-11(12,10(14)15)6-5-9-13-7-3-2-4-8-13/h2-9,12H2,1H3,(H,14,15)/t11-/m0/s1. The predicted octanol–water partition coefficient (Wildman–Crippen LogP) is 1.05. The van der Waals surface area contributed by atoms with Crippen molar-refractivity contribution in [2.24, 2.45) is 5.73 Å². The number of carboxylic acid groups (broad SMARTS) is 1. The highest BCUT2D eigenvalue weighted by Gasteiger charge is 2.27. The van der Waals surface area contributed by atoms with E-state index in [2.05, 4.69) is 4.90 Å². The van der Waals surface area contributed by atoms with E-state index in [0.717, 1.165) is 26.1 Å². The molecule has 1 saturated heterocycles. The van der Waals surface area contributed by atoms with Crippen molar-refractivity contribution >= 4 is 5.97 Å². The molecule has 1 aliphatic heterocycles. The van der Waals surface area contributed by atoms with E-state index in [1.807, 2.05) is 0 Å². The molecular formula is C11H22N2O2. The van der Waals surface area contributed by atoms with Crippen molar-refractivity contribution in [3.63, 3.8) is 0 Å². The maximum absolute atomic E-state index is 10.8. The predicted molar refractivity (Wildman–Crippen MR) is 59.8 cm³/mol. The summed E-state index contributed by atoms with van der Waals surface area (Å²) in [6.07, 6.45) is 5.32. The van der Waals surface area contributed by atoms with Gasteiger partial charge >= 0.3 is 5.97 Å². The summed E-state index contributed by atoms with van der Waals surface area (Å²) in [5.41, 5.74) is 4.60. The van der Waals surface area contributed by atoms with Crippen LogP contribution in [0.4, 0.5) is 0 Å².